The third-order valence-corrected chi connectivity index (χ3v) is 5.19. The molecule has 0 aliphatic heterocycles. The van der Waals surface area contributed by atoms with Crippen molar-refractivity contribution < 1.29 is 18.3 Å². The quantitative estimate of drug-likeness (QED) is 0.884. The van der Waals surface area contributed by atoms with E-state index in [4.69, 9.17) is 28.3 Å². The maximum atomic E-state index is 12.2. The second-order valence-electron chi connectivity index (χ2n) is 4.71. The van der Waals surface area contributed by atoms with E-state index in [9.17, 15) is 13.2 Å². The molecule has 20 heavy (non-hydrogen) atoms. The highest BCUT2D eigenvalue weighted by Gasteiger charge is 2.35. The summed E-state index contributed by atoms with van der Waals surface area (Å²) in [6.45, 7) is 0. The van der Waals surface area contributed by atoms with Crippen LogP contribution < -0.4 is 4.72 Å². The molecule has 2 atom stereocenters. The van der Waals surface area contributed by atoms with Gasteiger partial charge in [-0.25, -0.2) is 13.1 Å². The number of hydrogen-bond donors (Lipinski definition) is 2. The van der Waals surface area contributed by atoms with Crippen LogP contribution in [0.15, 0.2) is 23.1 Å². The Morgan fingerprint density at radius 2 is 1.80 bits per heavy atom. The van der Waals surface area contributed by atoms with E-state index in [1.807, 2.05) is 0 Å². The van der Waals surface area contributed by atoms with Crippen molar-refractivity contribution in [1.29, 1.82) is 0 Å². The molecule has 0 saturated heterocycles. The minimum atomic E-state index is -3.84. The fourth-order valence-corrected chi connectivity index (χ4v) is 4.38. The number of nitrogens with one attached hydrogen (secondary N) is 1. The third kappa shape index (κ3) is 3.44. The van der Waals surface area contributed by atoms with Crippen LogP contribution in [-0.4, -0.2) is 25.5 Å². The van der Waals surface area contributed by atoms with Gasteiger partial charge in [0.25, 0.3) is 0 Å². The molecule has 8 heteroatoms. The van der Waals surface area contributed by atoms with Gasteiger partial charge in [-0.05, 0) is 31.0 Å². The highest BCUT2D eigenvalue weighted by Crippen LogP contribution is 2.28. The SMILES string of the molecule is O=C(O)C1CCCC1NS(=O)(=O)c1cc(Cl)cc(Cl)c1. The summed E-state index contributed by atoms with van der Waals surface area (Å²) in [6.07, 6.45) is 1.66. The Hall–Kier alpha value is -0.820. The van der Waals surface area contributed by atoms with Gasteiger partial charge in [0.1, 0.15) is 0 Å². The normalized spacial score (nSPS) is 22.9. The summed E-state index contributed by atoms with van der Waals surface area (Å²) in [5.41, 5.74) is 0. The van der Waals surface area contributed by atoms with E-state index in [1.165, 1.54) is 18.2 Å². The van der Waals surface area contributed by atoms with E-state index in [0.29, 0.717) is 19.3 Å². The molecule has 1 aromatic rings. The van der Waals surface area contributed by atoms with Crippen molar-refractivity contribution in [2.24, 2.45) is 5.92 Å². The molecular weight excluding hydrogens is 325 g/mol. The molecular formula is C12H13Cl2NO4S. The molecule has 0 bridgehead atoms. The van der Waals surface area contributed by atoms with Crippen LogP contribution in [0, 0.1) is 5.92 Å². The second kappa shape index (κ2) is 5.89. The Balaban J connectivity index is 2.25. The number of aliphatic carboxylic acids is 1. The van der Waals surface area contributed by atoms with Gasteiger partial charge in [0, 0.05) is 16.1 Å². The number of benzene rings is 1. The molecule has 0 heterocycles. The minimum Gasteiger partial charge on any atom is -0.481 e. The van der Waals surface area contributed by atoms with Crippen LogP contribution in [0.4, 0.5) is 0 Å². The maximum absolute atomic E-state index is 12.2. The maximum Gasteiger partial charge on any atom is 0.308 e. The first-order valence-electron chi connectivity index (χ1n) is 6.01. The van der Waals surface area contributed by atoms with Crippen molar-refractivity contribution in [3.63, 3.8) is 0 Å². The standard InChI is InChI=1S/C12H13Cl2NO4S/c13-7-4-8(14)6-9(5-7)20(18,19)15-11-3-1-2-10(11)12(16)17/h4-6,10-11,15H,1-3H2,(H,16,17). The van der Waals surface area contributed by atoms with Crippen LogP contribution in [0.5, 0.6) is 0 Å². The Kier molecular flexibility index (Phi) is 4.59. The van der Waals surface area contributed by atoms with Crippen LogP contribution in [0.2, 0.25) is 10.0 Å². The van der Waals surface area contributed by atoms with E-state index in [-0.39, 0.29) is 14.9 Å². The Bertz CT molecular complexity index is 612. The monoisotopic (exact) mass is 337 g/mol. The molecule has 2 N–H and O–H groups in total. The molecule has 110 valence electrons. The van der Waals surface area contributed by atoms with Gasteiger partial charge in [-0.2, -0.15) is 0 Å². The zero-order valence-electron chi connectivity index (χ0n) is 10.3. The Morgan fingerprint density at radius 1 is 1.20 bits per heavy atom. The topological polar surface area (TPSA) is 83.5 Å². The van der Waals surface area contributed by atoms with Crippen LogP contribution in [0.25, 0.3) is 0 Å². The summed E-state index contributed by atoms with van der Waals surface area (Å²) >= 11 is 11.6. The molecule has 0 spiro atoms. The van der Waals surface area contributed by atoms with Crippen LogP contribution in [-0.2, 0) is 14.8 Å². The predicted molar refractivity (Wildman–Crippen MR) is 75.5 cm³/mol. The zero-order valence-corrected chi connectivity index (χ0v) is 12.7. The molecule has 1 saturated carbocycles. The number of hydrogen-bond acceptors (Lipinski definition) is 3. The molecule has 1 aliphatic carbocycles. The molecule has 5 nitrogen and oxygen atoms in total. The molecule has 0 aromatic heterocycles. The molecule has 1 aliphatic rings. The molecule has 1 aromatic carbocycles. The minimum absolute atomic E-state index is 0.0639. The highest BCUT2D eigenvalue weighted by atomic mass is 35.5. The largest absolute Gasteiger partial charge is 0.481 e. The van der Waals surface area contributed by atoms with Gasteiger partial charge in [0.05, 0.1) is 10.8 Å². The Morgan fingerprint density at radius 3 is 2.35 bits per heavy atom. The van der Waals surface area contributed by atoms with E-state index in [1.54, 1.807) is 0 Å². The number of rotatable bonds is 4. The zero-order chi connectivity index (χ0) is 14.9. The lowest BCUT2D eigenvalue weighted by atomic mass is 10.1. The summed E-state index contributed by atoms with van der Waals surface area (Å²) < 4.78 is 26.9. The number of carbonyl (C=O) groups is 1. The molecule has 2 rings (SSSR count). The fraction of sp³-hybridized carbons (Fsp3) is 0.417. The average molecular weight is 338 g/mol. The summed E-state index contributed by atoms with van der Waals surface area (Å²) in [5, 5.41) is 9.48. The summed E-state index contributed by atoms with van der Waals surface area (Å²) in [7, 11) is -3.84. The van der Waals surface area contributed by atoms with E-state index < -0.39 is 28.0 Å². The van der Waals surface area contributed by atoms with Gasteiger partial charge in [-0.15, -0.1) is 0 Å². The lowest BCUT2D eigenvalue weighted by Gasteiger charge is -2.17. The molecule has 1 fully saturated rings. The first kappa shape index (κ1) is 15.6. The predicted octanol–water partition coefficient (Wildman–Crippen LogP) is 2.53. The van der Waals surface area contributed by atoms with Crippen molar-refractivity contribution in [1.82, 2.24) is 4.72 Å². The molecule has 0 radical (unpaired) electrons. The fourth-order valence-electron chi connectivity index (χ4n) is 2.35. The summed E-state index contributed by atoms with van der Waals surface area (Å²) in [6, 6.07) is 3.38. The van der Waals surface area contributed by atoms with E-state index >= 15 is 0 Å². The van der Waals surface area contributed by atoms with Gasteiger partial charge in [0.2, 0.25) is 10.0 Å². The summed E-state index contributed by atoms with van der Waals surface area (Å²) in [4.78, 5) is 11.0. The second-order valence-corrected chi connectivity index (χ2v) is 7.30. The van der Waals surface area contributed by atoms with Gasteiger partial charge in [-0.3, -0.25) is 4.79 Å². The molecule has 2 unspecified atom stereocenters. The van der Waals surface area contributed by atoms with Gasteiger partial charge in [0.15, 0.2) is 0 Å². The van der Waals surface area contributed by atoms with Crippen LogP contribution >= 0.6 is 23.2 Å². The average Bonchev–Trinajstić information content (AvgIpc) is 2.75. The number of carboxylic acid groups (broad SMARTS) is 1. The van der Waals surface area contributed by atoms with Crippen molar-refractivity contribution >= 4 is 39.2 Å². The first-order valence-corrected chi connectivity index (χ1v) is 8.25. The van der Waals surface area contributed by atoms with Gasteiger partial charge in [-0.1, -0.05) is 29.6 Å². The first-order chi connectivity index (χ1) is 9.29. The van der Waals surface area contributed by atoms with Gasteiger partial charge < -0.3 is 5.11 Å². The number of halogens is 2. The van der Waals surface area contributed by atoms with E-state index in [2.05, 4.69) is 4.72 Å². The highest BCUT2D eigenvalue weighted by molar-refractivity contribution is 7.89. The lowest BCUT2D eigenvalue weighted by molar-refractivity contribution is -0.141. The van der Waals surface area contributed by atoms with Crippen molar-refractivity contribution in [2.75, 3.05) is 0 Å². The smallest absolute Gasteiger partial charge is 0.308 e. The van der Waals surface area contributed by atoms with Crippen LogP contribution in [0.3, 0.4) is 0 Å². The van der Waals surface area contributed by atoms with Crippen LogP contribution in [0.1, 0.15) is 19.3 Å². The number of carboxylic acids is 1. The van der Waals surface area contributed by atoms with Crippen molar-refractivity contribution in [3.8, 4) is 0 Å². The lowest BCUT2D eigenvalue weighted by Crippen LogP contribution is -2.40. The summed E-state index contributed by atoms with van der Waals surface area (Å²) in [5.74, 6) is -1.68. The van der Waals surface area contributed by atoms with Crippen molar-refractivity contribution in [3.05, 3.63) is 28.2 Å². The Labute approximate surface area is 126 Å². The van der Waals surface area contributed by atoms with Crippen molar-refractivity contribution in [2.45, 2.75) is 30.2 Å². The molecule has 0 amide bonds. The van der Waals surface area contributed by atoms with E-state index in [0.717, 1.165) is 0 Å². The number of sulfonamides is 1. The van der Waals surface area contributed by atoms with Gasteiger partial charge >= 0.3 is 5.97 Å². The third-order valence-electron chi connectivity index (χ3n) is 3.29.